The molecule has 0 saturated heterocycles. The van der Waals surface area contributed by atoms with E-state index in [4.69, 9.17) is 9.02 Å². The molecule has 1 amide bonds. The molecule has 0 atom stereocenters. The van der Waals surface area contributed by atoms with Crippen LogP contribution in [0.2, 0.25) is 0 Å². The molecule has 7 nitrogen and oxygen atoms in total. The van der Waals surface area contributed by atoms with Crippen molar-refractivity contribution in [2.45, 2.75) is 18.2 Å². The van der Waals surface area contributed by atoms with Gasteiger partial charge in [0, 0.05) is 0 Å². The van der Waals surface area contributed by atoms with E-state index < -0.39 is 33.2 Å². The molecular weight excluding hydrogens is 391 g/mol. The summed E-state index contributed by atoms with van der Waals surface area (Å²) in [5.41, 5.74) is -0.00579. The number of amides is 1. The minimum Gasteiger partial charge on any atom is -0.448 e. The lowest BCUT2D eigenvalue weighted by Crippen LogP contribution is -2.34. The van der Waals surface area contributed by atoms with Crippen LogP contribution in [0.4, 0.5) is 23.7 Å². The first-order chi connectivity index (χ1) is 12.6. The molecule has 0 aliphatic heterocycles. The van der Waals surface area contributed by atoms with Gasteiger partial charge in [0.05, 0.1) is 12.3 Å². The van der Waals surface area contributed by atoms with Crippen LogP contribution in [0.5, 0.6) is 5.75 Å². The summed E-state index contributed by atoms with van der Waals surface area (Å²) in [6.07, 6.45) is -6.28. The van der Waals surface area contributed by atoms with Crippen molar-refractivity contribution >= 4 is 21.9 Å². The Morgan fingerprint density at radius 3 is 2.22 bits per heavy atom. The van der Waals surface area contributed by atoms with Gasteiger partial charge in [-0.1, -0.05) is 30.3 Å². The first-order valence-electron chi connectivity index (χ1n) is 7.45. The van der Waals surface area contributed by atoms with Crippen molar-refractivity contribution in [1.82, 2.24) is 0 Å². The van der Waals surface area contributed by atoms with Gasteiger partial charge >= 0.3 is 22.6 Å². The van der Waals surface area contributed by atoms with E-state index in [1.165, 1.54) is 37.3 Å². The highest BCUT2D eigenvalue weighted by Gasteiger charge is 2.35. The monoisotopic (exact) mass is 405 g/mol. The summed E-state index contributed by atoms with van der Waals surface area (Å²) in [5.74, 6) is -0.998. The molecule has 0 radical (unpaired) electrons. The van der Waals surface area contributed by atoms with Crippen LogP contribution in [-0.4, -0.2) is 27.5 Å². The highest BCUT2D eigenvalue weighted by Crippen LogP contribution is 2.31. The summed E-state index contributed by atoms with van der Waals surface area (Å²) in [5, 5.41) is 0.323. The molecule has 2 aromatic carbocycles. The number of nitrogens with zero attached hydrogens (tertiary/aromatic N) is 1. The van der Waals surface area contributed by atoms with E-state index in [2.05, 4.69) is 4.74 Å². The number of benzene rings is 2. The van der Waals surface area contributed by atoms with Gasteiger partial charge in [-0.3, -0.25) is 0 Å². The molecule has 2 aromatic rings. The maximum atomic E-state index is 12.5. The van der Waals surface area contributed by atoms with Crippen LogP contribution >= 0.6 is 0 Å². The number of anilines is 1. The molecule has 0 aliphatic carbocycles. The molecule has 0 aromatic heterocycles. The summed E-state index contributed by atoms with van der Waals surface area (Å²) in [4.78, 5) is 11.2. The number of ether oxygens (including phenoxy) is 2. The Balaban J connectivity index is 2.42. The number of carbonyl (C=O) groups excluding carboxylic acids is 1. The summed E-state index contributed by atoms with van der Waals surface area (Å²) in [6, 6.07) is 11.3. The molecule has 27 heavy (non-hydrogen) atoms. The molecule has 0 heterocycles. The second-order valence-electron chi connectivity index (χ2n) is 4.85. The fourth-order valence-electron chi connectivity index (χ4n) is 1.93. The van der Waals surface area contributed by atoms with Gasteiger partial charge in [-0.2, -0.15) is 8.42 Å². The molecule has 0 N–H and O–H groups in total. The minimum absolute atomic E-state index is 0.00579. The van der Waals surface area contributed by atoms with E-state index in [9.17, 15) is 26.4 Å². The van der Waals surface area contributed by atoms with E-state index in [1.54, 1.807) is 6.07 Å². The Morgan fingerprint density at radius 1 is 1.04 bits per heavy atom. The third-order valence-electron chi connectivity index (χ3n) is 2.94. The van der Waals surface area contributed by atoms with Gasteiger partial charge in [-0.25, -0.2) is 4.79 Å². The fourth-order valence-corrected chi connectivity index (χ4v) is 2.95. The number of alkyl halides is 3. The lowest BCUT2D eigenvalue weighted by atomic mass is 10.3. The zero-order valence-corrected chi connectivity index (χ0v) is 14.7. The molecule has 0 saturated carbocycles. The summed E-state index contributed by atoms with van der Waals surface area (Å²) < 4.78 is 75.8. The van der Waals surface area contributed by atoms with Gasteiger partial charge in [0.25, 0.3) is 0 Å². The third kappa shape index (κ3) is 5.59. The normalized spacial score (nSPS) is 11.7. The molecular formula is C16H14F3NO6S. The van der Waals surface area contributed by atoms with Crippen LogP contribution in [-0.2, 0) is 19.1 Å². The summed E-state index contributed by atoms with van der Waals surface area (Å²) in [7, 11) is -4.87. The number of carbonyl (C=O) groups is 1. The largest absolute Gasteiger partial charge is 0.573 e. The van der Waals surface area contributed by atoms with Gasteiger partial charge in [-0.15, -0.1) is 22.5 Å². The maximum Gasteiger partial charge on any atom is 0.573 e. The Kier molecular flexibility index (Phi) is 6.28. The van der Waals surface area contributed by atoms with Gasteiger partial charge < -0.3 is 9.47 Å². The van der Waals surface area contributed by atoms with Crippen molar-refractivity contribution in [3.63, 3.8) is 0 Å². The Labute approximate surface area is 152 Å². The molecule has 0 aliphatic rings. The lowest BCUT2D eigenvalue weighted by Gasteiger charge is -2.21. The number of rotatable bonds is 6. The molecule has 11 heteroatoms. The number of para-hydroxylation sites is 2. The predicted molar refractivity (Wildman–Crippen MR) is 87.3 cm³/mol. The van der Waals surface area contributed by atoms with Gasteiger partial charge in [0.2, 0.25) is 0 Å². The molecule has 0 unspecified atom stereocenters. The Hall–Kier alpha value is -2.79. The Morgan fingerprint density at radius 2 is 1.63 bits per heavy atom. The molecule has 146 valence electrons. The second kappa shape index (κ2) is 8.27. The van der Waals surface area contributed by atoms with Gasteiger partial charge in [-0.05, 0) is 31.2 Å². The van der Waals surface area contributed by atoms with E-state index >= 15 is 0 Å². The average molecular weight is 405 g/mol. The van der Waals surface area contributed by atoms with E-state index in [-0.39, 0.29) is 12.3 Å². The zero-order chi connectivity index (χ0) is 20.1. The first-order valence-corrected chi connectivity index (χ1v) is 8.86. The van der Waals surface area contributed by atoms with Gasteiger partial charge in [0.15, 0.2) is 5.75 Å². The van der Waals surface area contributed by atoms with Crippen molar-refractivity contribution in [2.75, 3.05) is 11.7 Å². The Bertz CT molecular complexity index is 887. The van der Waals surface area contributed by atoms with Gasteiger partial charge in [0.1, 0.15) is 4.90 Å². The molecule has 2 rings (SSSR count). The SMILES string of the molecule is CCOC(=O)N(OS(=O)(=O)c1ccccc1OC(F)(F)F)c1ccccc1. The van der Waals surface area contributed by atoms with Crippen molar-refractivity contribution in [2.24, 2.45) is 0 Å². The minimum atomic E-state index is -5.12. The van der Waals surface area contributed by atoms with Crippen LogP contribution in [0.15, 0.2) is 59.5 Å². The lowest BCUT2D eigenvalue weighted by molar-refractivity contribution is -0.275. The van der Waals surface area contributed by atoms with E-state index in [1.807, 2.05) is 0 Å². The molecule has 0 bridgehead atoms. The van der Waals surface area contributed by atoms with Crippen LogP contribution in [0.3, 0.4) is 0 Å². The highest BCUT2D eigenvalue weighted by molar-refractivity contribution is 7.87. The van der Waals surface area contributed by atoms with Crippen molar-refractivity contribution in [1.29, 1.82) is 0 Å². The summed E-state index contributed by atoms with van der Waals surface area (Å²) in [6.45, 7) is 1.40. The van der Waals surface area contributed by atoms with Crippen LogP contribution < -0.4 is 9.80 Å². The van der Waals surface area contributed by atoms with Crippen LogP contribution in [0, 0.1) is 0 Å². The second-order valence-corrected chi connectivity index (χ2v) is 6.35. The van der Waals surface area contributed by atoms with Crippen molar-refractivity contribution in [3.8, 4) is 5.75 Å². The topological polar surface area (TPSA) is 82.1 Å². The predicted octanol–water partition coefficient (Wildman–Crippen LogP) is 3.87. The fraction of sp³-hybridized carbons (Fsp3) is 0.188. The van der Waals surface area contributed by atoms with Crippen molar-refractivity contribution in [3.05, 3.63) is 54.6 Å². The molecule has 0 fully saturated rings. The number of hydroxylamine groups is 1. The highest BCUT2D eigenvalue weighted by atomic mass is 32.2. The van der Waals surface area contributed by atoms with Crippen LogP contribution in [0.25, 0.3) is 0 Å². The first kappa shape index (κ1) is 20.5. The number of hydrogen-bond acceptors (Lipinski definition) is 6. The van der Waals surface area contributed by atoms with Crippen molar-refractivity contribution < 1.29 is 40.1 Å². The zero-order valence-electron chi connectivity index (χ0n) is 13.8. The number of halogens is 3. The third-order valence-corrected chi connectivity index (χ3v) is 4.16. The maximum absolute atomic E-state index is 12.5. The average Bonchev–Trinajstić information content (AvgIpc) is 2.59. The molecule has 0 spiro atoms. The smallest absolute Gasteiger partial charge is 0.448 e. The number of hydrogen-bond donors (Lipinski definition) is 0. The van der Waals surface area contributed by atoms with Crippen LogP contribution in [0.1, 0.15) is 6.92 Å². The van der Waals surface area contributed by atoms with E-state index in [0.717, 1.165) is 18.2 Å². The standard InChI is InChI=1S/C16H14F3NO6S/c1-2-24-15(21)20(12-8-4-3-5-9-12)26-27(22,23)14-11-7-6-10-13(14)25-16(17,18)19/h3-11H,2H2,1H3. The quantitative estimate of drug-likeness (QED) is 0.679. The summed E-state index contributed by atoms with van der Waals surface area (Å²) >= 11 is 0. The van der Waals surface area contributed by atoms with E-state index in [0.29, 0.717) is 5.06 Å².